The number of ether oxygens (including phenoxy) is 1. The van der Waals surface area contributed by atoms with Gasteiger partial charge in [0.05, 0.1) is 12.3 Å². The van der Waals surface area contributed by atoms with Crippen molar-refractivity contribution in [3.05, 3.63) is 90.0 Å². The van der Waals surface area contributed by atoms with Crippen molar-refractivity contribution in [1.82, 2.24) is 15.0 Å². The third-order valence-electron chi connectivity index (χ3n) is 5.82. The lowest BCUT2D eigenvalue weighted by Gasteiger charge is -2.10. The SMILES string of the molecule is CCCCOc1cccc(C(=O)Nc2cc3nn(-c4cccc5ccccc45)nc3cc2C)c1. The van der Waals surface area contributed by atoms with Crippen LogP contribution in [0.4, 0.5) is 5.69 Å². The number of nitrogens with zero attached hydrogens (tertiary/aromatic N) is 3. The van der Waals surface area contributed by atoms with Crippen molar-refractivity contribution in [1.29, 1.82) is 0 Å². The summed E-state index contributed by atoms with van der Waals surface area (Å²) >= 11 is 0. The summed E-state index contributed by atoms with van der Waals surface area (Å²) in [6.45, 7) is 4.72. The molecule has 1 amide bonds. The maximum atomic E-state index is 12.9. The van der Waals surface area contributed by atoms with Gasteiger partial charge in [-0.1, -0.05) is 55.8 Å². The van der Waals surface area contributed by atoms with Crippen LogP contribution in [0.5, 0.6) is 5.75 Å². The predicted molar refractivity (Wildman–Crippen MR) is 136 cm³/mol. The first-order chi connectivity index (χ1) is 16.6. The zero-order valence-corrected chi connectivity index (χ0v) is 19.3. The summed E-state index contributed by atoms with van der Waals surface area (Å²) in [4.78, 5) is 14.6. The molecule has 0 aliphatic carbocycles. The molecular weight excluding hydrogens is 424 g/mol. The van der Waals surface area contributed by atoms with E-state index in [-0.39, 0.29) is 5.91 Å². The number of amides is 1. The summed E-state index contributed by atoms with van der Waals surface area (Å²) in [5.74, 6) is 0.510. The monoisotopic (exact) mass is 450 g/mol. The topological polar surface area (TPSA) is 69.0 Å². The maximum Gasteiger partial charge on any atom is 0.255 e. The Hall–Kier alpha value is -4.19. The highest BCUT2D eigenvalue weighted by molar-refractivity contribution is 6.05. The number of unbranched alkanes of at least 4 members (excludes halogenated alkanes) is 1. The molecule has 0 aliphatic heterocycles. The van der Waals surface area contributed by atoms with Crippen LogP contribution in [0.1, 0.15) is 35.7 Å². The molecule has 5 aromatic rings. The van der Waals surface area contributed by atoms with Gasteiger partial charge in [0.1, 0.15) is 16.8 Å². The van der Waals surface area contributed by atoms with Crippen LogP contribution in [0.25, 0.3) is 27.5 Å². The minimum absolute atomic E-state index is 0.190. The summed E-state index contributed by atoms with van der Waals surface area (Å²) in [6.07, 6.45) is 2.04. The third kappa shape index (κ3) is 4.35. The maximum absolute atomic E-state index is 12.9. The molecule has 0 spiro atoms. The van der Waals surface area contributed by atoms with Crippen molar-refractivity contribution in [2.24, 2.45) is 0 Å². The van der Waals surface area contributed by atoms with E-state index in [4.69, 9.17) is 14.9 Å². The van der Waals surface area contributed by atoms with Crippen molar-refractivity contribution >= 4 is 33.4 Å². The molecule has 4 aromatic carbocycles. The normalized spacial score (nSPS) is 11.1. The van der Waals surface area contributed by atoms with Gasteiger partial charge in [-0.3, -0.25) is 4.79 Å². The van der Waals surface area contributed by atoms with E-state index in [0.29, 0.717) is 29.1 Å². The standard InChI is InChI=1S/C28H26N4O2/c1-3-4-15-34-22-12-7-11-21(17-22)28(33)29-24-18-26-25(16-19(24)2)30-32(31-26)27-14-8-10-20-9-5-6-13-23(20)27/h5-14,16-18H,3-4,15H2,1-2H3,(H,29,33). The van der Waals surface area contributed by atoms with Gasteiger partial charge in [0.2, 0.25) is 0 Å². The molecule has 1 heterocycles. The number of hydrogen-bond acceptors (Lipinski definition) is 4. The van der Waals surface area contributed by atoms with E-state index in [1.54, 1.807) is 16.9 Å². The number of anilines is 1. The lowest BCUT2D eigenvalue weighted by molar-refractivity contribution is 0.102. The summed E-state index contributed by atoms with van der Waals surface area (Å²) < 4.78 is 5.74. The first kappa shape index (κ1) is 21.6. The third-order valence-corrected chi connectivity index (χ3v) is 5.82. The molecule has 0 bridgehead atoms. The number of nitrogens with one attached hydrogen (secondary N) is 1. The molecule has 0 radical (unpaired) electrons. The van der Waals surface area contributed by atoms with Crippen LogP contribution in [0.2, 0.25) is 0 Å². The Labute approximate surface area is 198 Å². The van der Waals surface area contributed by atoms with Gasteiger partial charge in [-0.2, -0.15) is 0 Å². The van der Waals surface area contributed by atoms with E-state index < -0.39 is 0 Å². The van der Waals surface area contributed by atoms with Gasteiger partial charge in [-0.05, 0) is 60.7 Å². The van der Waals surface area contributed by atoms with Gasteiger partial charge in [0.25, 0.3) is 5.91 Å². The van der Waals surface area contributed by atoms with E-state index in [0.717, 1.165) is 40.4 Å². The first-order valence-electron chi connectivity index (χ1n) is 11.5. The van der Waals surface area contributed by atoms with E-state index in [2.05, 4.69) is 30.4 Å². The summed E-state index contributed by atoms with van der Waals surface area (Å²) in [7, 11) is 0. The summed E-state index contributed by atoms with van der Waals surface area (Å²) in [6, 6.07) is 25.3. The number of benzene rings is 4. The fourth-order valence-electron chi connectivity index (χ4n) is 3.95. The zero-order valence-electron chi connectivity index (χ0n) is 19.3. The second kappa shape index (κ2) is 9.35. The Kier molecular flexibility index (Phi) is 5.95. The molecule has 1 N–H and O–H groups in total. The molecule has 0 atom stereocenters. The summed E-state index contributed by atoms with van der Waals surface area (Å²) in [5.41, 5.74) is 4.58. The molecule has 0 unspecified atom stereocenters. The molecule has 170 valence electrons. The molecular formula is C28H26N4O2. The highest BCUT2D eigenvalue weighted by Crippen LogP contribution is 2.26. The highest BCUT2D eigenvalue weighted by Gasteiger charge is 2.13. The van der Waals surface area contributed by atoms with Gasteiger partial charge < -0.3 is 10.1 Å². The molecule has 1 aromatic heterocycles. The van der Waals surface area contributed by atoms with Crippen LogP contribution in [-0.4, -0.2) is 27.5 Å². The Bertz CT molecular complexity index is 1480. The van der Waals surface area contributed by atoms with Crippen molar-refractivity contribution in [3.8, 4) is 11.4 Å². The molecule has 6 heteroatoms. The van der Waals surface area contributed by atoms with E-state index in [1.165, 1.54) is 0 Å². The lowest BCUT2D eigenvalue weighted by atomic mass is 10.1. The van der Waals surface area contributed by atoms with Gasteiger partial charge >= 0.3 is 0 Å². The number of carbonyl (C=O) groups is 1. The minimum atomic E-state index is -0.190. The Morgan fingerprint density at radius 3 is 2.56 bits per heavy atom. The van der Waals surface area contributed by atoms with Crippen LogP contribution in [0.15, 0.2) is 78.9 Å². The zero-order chi connectivity index (χ0) is 23.5. The van der Waals surface area contributed by atoms with Crippen molar-refractivity contribution in [3.63, 3.8) is 0 Å². The van der Waals surface area contributed by atoms with Gasteiger partial charge in [0, 0.05) is 16.6 Å². The molecule has 6 nitrogen and oxygen atoms in total. The van der Waals surface area contributed by atoms with E-state index in [9.17, 15) is 4.79 Å². The Balaban J connectivity index is 1.42. The largest absolute Gasteiger partial charge is 0.494 e. The lowest BCUT2D eigenvalue weighted by Crippen LogP contribution is -2.13. The number of hydrogen-bond donors (Lipinski definition) is 1. The van der Waals surface area contributed by atoms with Crippen molar-refractivity contribution < 1.29 is 9.53 Å². The number of carbonyl (C=O) groups excluding carboxylic acids is 1. The fourth-order valence-corrected chi connectivity index (χ4v) is 3.95. The van der Waals surface area contributed by atoms with Crippen molar-refractivity contribution in [2.45, 2.75) is 26.7 Å². The second-order valence-electron chi connectivity index (χ2n) is 8.33. The summed E-state index contributed by atoms with van der Waals surface area (Å²) in [5, 5.41) is 14.6. The van der Waals surface area contributed by atoms with Gasteiger partial charge in [0.15, 0.2) is 0 Å². The van der Waals surface area contributed by atoms with Crippen LogP contribution >= 0.6 is 0 Å². The molecule has 0 saturated heterocycles. The van der Waals surface area contributed by atoms with E-state index in [1.807, 2.05) is 55.5 Å². The molecule has 0 aliphatic rings. The average Bonchev–Trinajstić information content (AvgIpc) is 3.26. The second-order valence-corrected chi connectivity index (χ2v) is 8.33. The van der Waals surface area contributed by atoms with Gasteiger partial charge in [-0.25, -0.2) is 0 Å². The molecule has 0 saturated carbocycles. The Morgan fingerprint density at radius 1 is 0.941 bits per heavy atom. The molecule has 34 heavy (non-hydrogen) atoms. The van der Waals surface area contributed by atoms with Crippen LogP contribution in [0, 0.1) is 6.92 Å². The van der Waals surface area contributed by atoms with Crippen LogP contribution < -0.4 is 10.1 Å². The Morgan fingerprint density at radius 2 is 1.71 bits per heavy atom. The van der Waals surface area contributed by atoms with Gasteiger partial charge in [-0.15, -0.1) is 15.0 Å². The predicted octanol–water partition coefficient (Wildman–Crippen LogP) is 6.31. The first-order valence-corrected chi connectivity index (χ1v) is 11.5. The number of rotatable bonds is 7. The number of aryl methyl sites for hydroxylation is 1. The van der Waals surface area contributed by atoms with E-state index >= 15 is 0 Å². The smallest absolute Gasteiger partial charge is 0.255 e. The quantitative estimate of drug-likeness (QED) is 0.295. The fraction of sp³-hybridized carbons (Fsp3) is 0.179. The van der Waals surface area contributed by atoms with Crippen LogP contribution in [-0.2, 0) is 0 Å². The number of aromatic nitrogens is 3. The van der Waals surface area contributed by atoms with Crippen LogP contribution in [0.3, 0.4) is 0 Å². The molecule has 5 rings (SSSR count). The van der Waals surface area contributed by atoms with Crippen molar-refractivity contribution in [2.75, 3.05) is 11.9 Å². The number of fused-ring (bicyclic) bond motifs is 2. The molecule has 0 fully saturated rings. The minimum Gasteiger partial charge on any atom is -0.494 e. The average molecular weight is 451 g/mol. The highest BCUT2D eigenvalue weighted by atomic mass is 16.5.